The van der Waals surface area contributed by atoms with Gasteiger partial charge in [-0.25, -0.2) is 32.5 Å². The Kier molecular flexibility index (Phi) is 6.14. The van der Waals surface area contributed by atoms with Gasteiger partial charge < -0.3 is 15.6 Å². The number of halogens is 1. The minimum atomic E-state index is -3.45. The molecule has 1 aromatic carbocycles. The first-order chi connectivity index (χ1) is 20.2. The number of nitrogens with one attached hydrogen (secondary N) is 3. The average molecular weight is 586 g/mol. The number of nitrogens with zero attached hydrogens (tertiary/aromatic N) is 7. The number of hydrogen-bond donors (Lipinski definition) is 4. The molecule has 212 valence electrons. The van der Waals surface area contributed by atoms with Gasteiger partial charge in [0.25, 0.3) is 0 Å². The Balaban J connectivity index is 1.26. The van der Waals surface area contributed by atoms with E-state index in [1.165, 1.54) is 12.1 Å². The Morgan fingerprint density at radius 2 is 1.83 bits per heavy atom. The number of rotatable bonds is 7. The maximum atomic E-state index is 14.6. The van der Waals surface area contributed by atoms with Crippen LogP contribution in [0.2, 0.25) is 0 Å². The van der Waals surface area contributed by atoms with Crippen LogP contribution in [0, 0.1) is 5.82 Å². The molecular formula is C27H24FN11O2S. The van der Waals surface area contributed by atoms with Gasteiger partial charge in [-0.15, -0.1) is 0 Å². The highest BCUT2D eigenvalue weighted by molar-refractivity contribution is 7.88. The van der Waals surface area contributed by atoms with E-state index in [1.54, 1.807) is 30.9 Å². The van der Waals surface area contributed by atoms with Gasteiger partial charge >= 0.3 is 0 Å². The third-order valence-corrected chi connectivity index (χ3v) is 7.62. The molecule has 0 amide bonds. The van der Waals surface area contributed by atoms with Crippen molar-refractivity contribution in [2.75, 3.05) is 24.2 Å². The number of benzene rings is 1. The van der Waals surface area contributed by atoms with Crippen molar-refractivity contribution >= 4 is 37.9 Å². The Bertz CT molecular complexity index is 2090. The van der Waals surface area contributed by atoms with Crippen molar-refractivity contribution in [1.29, 1.82) is 0 Å². The normalized spacial score (nSPS) is 14.1. The number of hydrogen-bond acceptors (Lipinski definition) is 10. The van der Waals surface area contributed by atoms with Gasteiger partial charge in [-0.2, -0.15) is 5.10 Å². The summed E-state index contributed by atoms with van der Waals surface area (Å²) in [6.45, 7) is 1.41. The van der Waals surface area contributed by atoms with Gasteiger partial charge in [0.1, 0.15) is 22.8 Å². The molecule has 13 nitrogen and oxygen atoms in total. The second-order valence-corrected chi connectivity index (χ2v) is 12.0. The van der Waals surface area contributed by atoms with Crippen molar-refractivity contribution in [3.63, 3.8) is 0 Å². The molecule has 42 heavy (non-hydrogen) atoms. The Labute approximate surface area is 238 Å². The second-order valence-electron chi connectivity index (χ2n) is 10.2. The summed E-state index contributed by atoms with van der Waals surface area (Å²) in [5.74, 6) is 0.679. The SMILES string of the molecule is CS(=O)(=O)NCc1cc(F)cc(-c2cncc3[nH]c(-c4n[nH]c5ccc(-c6cncc(N7CC(N)C7)n6)nc45)nc23)c1. The molecule has 6 aromatic rings. The Morgan fingerprint density at radius 1 is 1.00 bits per heavy atom. The van der Waals surface area contributed by atoms with Crippen LogP contribution in [0.3, 0.4) is 0 Å². The number of imidazole rings is 1. The molecule has 5 N–H and O–H groups in total. The van der Waals surface area contributed by atoms with Crippen molar-refractivity contribution in [2.24, 2.45) is 5.73 Å². The molecule has 1 aliphatic heterocycles. The van der Waals surface area contributed by atoms with E-state index in [0.29, 0.717) is 61.7 Å². The van der Waals surface area contributed by atoms with Crippen LogP contribution in [0.5, 0.6) is 0 Å². The van der Waals surface area contributed by atoms with Crippen molar-refractivity contribution in [1.82, 2.24) is 44.8 Å². The fourth-order valence-corrected chi connectivity index (χ4v) is 5.35. The van der Waals surface area contributed by atoms with E-state index in [0.717, 1.165) is 25.2 Å². The van der Waals surface area contributed by atoms with Gasteiger partial charge in [0.15, 0.2) is 11.5 Å². The number of aromatic amines is 2. The van der Waals surface area contributed by atoms with Crippen LogP contribution in [0.4, 0.5) is 10.2 Å². The highest BCUT2D eigenvalue weighted by Crippen LogP contribution is 2.32. The van der Waals surface area contributed by atoms with Crippen LogP contribution in [-0.4, -0.2) is 73.9 Å². The molecule has 1 aliphatic rings. The number of nitrogens with two attached hydrogens (primary N) is 1. The number of aromatic nitrogens is 8. The lowest BCUT2D eigenvalue weighted by Gasteiger charge is -2.37. The fourth-order valence-electron chi connectivity index (χ4n) is 4.92. The van der Waals surface area contributed by atoms with E-state index in [2.05, 4.69) is 34.8 Å². The van der Waals surface area contributed by atoms with Gasteiger partial charge in [0.2, 0.25) is 10.0 Å². The molecule has 0 unspecified atom stereocenters. The third kappa shape index (κ3) is 4.93. The van der Waals surface area contributed by atoms with E-state index in [-0.39, 0.29) is 12.6 Å². The highest BCUT2D eigenvalue weighted by atomic mass is 32.2. The summed E-state index contributed by atoms with van der Waals surface area (Å²) in [4.78, 5) is 28.3. The fraction of sp³-hybridized carbons (Fsp3) is 0.185. The van der Waals surface area contributed by atoms with Crippen LogP contribution < -0.4 is 15.4 Å². The summed E-state index contributed by atoms with van der Waals surface area (Å²) in [5, 5.41) is 7.46. The van der Waals surface area contributed by atoms with E-state index < -0.39 is 15.8 Å². The summed E-state index contributed by atoms with van der Waals surface area (Å²) < 4.78 is 40.0. The van der Waals surface area contributed by atoms with Gasteiger partial charge in [-0.1, -0.05) is 0 Å². The number of fused-ring (bicyclic) bond motifs is 2. The van der Waals surface area contributed by atoms with Crippen molar-refractivity contribution in [3.8, 4) is 34.0 Å². The molecule has 1 fully saturated rings. The van der Waals surface area contributed by atoms with Gasteiger partial charge in [0, 0.05) is 37.4 Å². The molecule has 7 rings (SSSR count). The van der Waals surface area contributed by atoms with Gasteiger partial charge in [-0.3, -0.25) is 15.1 Å². The largest absolute Gasteiger partial charge is 0.352 e. The van der Waals surface area contributed by atoms with Crippen molar-refractivity contribution in [2.45, 2.75) is 12.6 Å². The first kappa shape index (κ1) is 26.1. The van der Waals surface area contributed by atoms with Crippen molar-refractivity contribution in [3.05, 3.63) is 66.5 Å². The molecular weight excluding hydrogens is 561 g/mol. The minimum Gasteiger partial charge on any atom is -0.352 e. The molecule has 0 bridgehead atoms. The van der Waals surface area contributed by atoms with Gasteiger partial charge in [-0.05, 0) is 41.5 Å². The predicted octanol–water partition coefficient (Wildman–Crippen LogP) is 2.36. The number of H-pyrrole nitrogens is 2. The molecule has 0 spiro atoms. The quantitative estimate of drug-likeness (QED) is 0.217. The smallest absolute Gasteiger partial charge is 0.209 e. The van der Waals surface area contributed by atoms with Crippen LogP contribution in [0.25, 0.3) is 56.1 Å². The zero-order valence-corrected chi connectivity index (χ0v) is 23.0. The molecule has 5 aromatic heterocycles. The first-order valence-electron chi connectivity index (χ1n) is 13.0. The lowest BCUT2D eigenvalue weighted by atomic mass is 10.0. The zero-order chi connectivity index (χ0) is 29.0. The predicted molar refractivity (Wildman–Crippen MR) is 155 cm³/mol. The average Bonchev–Trinajstić information content (AvgIpc) is 3.57. The van der Waals surface area contributed by atoms with Crippen LogP contribution in [0.1, 0.15) is 5.56 Å². The van der Waals surface area contributed by atoms with Crippen molar-refractivity contribution < 1.29 is 12.8 Å². The topological polar surface area (TPSA) is 184 Å². The molecule has 0 radical (unpaired) electrons. The van der Waals surface area contributed by atoms with E-state index in [1.807, 2.05) is 12.1 Å². The molecule has 1 saturated heterocycles. The molecule has 0 saturated carbocycles. The lowest BCUT2D eigenvalue weighted by molar-refractivity contribution is 0.514. The van der Waals surface area contributed by atoms with E-state index in [9.17, 15) is 12.8 Å². The lowest BCUT2D eigenvalue weighted by Crippen LogP contribution is -2.56. The second kappa shape index (κ2) is 9.90. The minimum absolute atomic E-state index is 0.0507. The summed E-state index contributed by atoms with van der Waals surface area (Å²) in [6.07, 6.45) is 7.63. The van der Waals surface area contributed by atoms with E-state index >= 15 is 0 Å². The zero-order valence-electron chi connectivity index (χ0n) is 22.2. The third-order valence-electron chi connectivity index (χ3n) is 6.95. The summed E-state index contributed by atoms with van der Waals surface area (Å²) in [5.41, 5.74) is 11.6. The highest BCUT2D eigenvalue weighted by Gasteiger charge is 2.25. The number of anilines is 1. The standard InChI is InChI=1S/C27H24FN11O2S/c1-42(40,41)32-7-14-4-15(6-16(28)5-14)18-8-30-10-22-24(18)36-27(35-22)26-25-20(37-38-26)3-2-19(34-25)21-9-31-11-23(33-21)39-12-17(29)13-39/h2-6,8-11,17,32H,7,12-13,29H2,1H3,(H,35,36)(H,37,38). The monoisotopic (exact) mass is 585 g/mol. The Hall–Kier alpha value is -4.86. The molecule has 0 atom stereocenters. The van der Waals surface area contributed by atoms with E-state index in [4.69, 9.17) is 20.7 Å². The molecule has 6 heterocycles. The molecule has 0 aliphatic carbocycles. The number of sulfonamides is 1. The van der Waals surface area contributed by atoms with Crippen LogP contribution in [0.15, 0.2) is 55.1 Å². The maximum Gasteiger partial charge on any atom is 0.209 e. The summed E-state index contributed by atoms with van der Waals surface area (Å²) in [6, 6.07) is 8.19. The number of pyridine rings is 2. The summed E-state index contributed by atoms with van der Waals surface area (Å²) in [7, 11) is -3.45. The molecule has 15 heteroatoms. The van der Waals surface area contributed by atoms with Gasteiger partial charge in [0.05, 0.1) is 47.1 Å². The van der Waals surface area contributed by atoms with Crippen LogP contribution in [-0.2, 0) is 16.6 Å². The maximum absolute atomic E-state index is 14.6. The first-order valence-corrected chi connectivity index (χ1v) is 14.9. The summed E-state index contributed by atoms with van der Waals surface area (Å²) >= 11 is 0. The Morgan fingerprint density at radius 3 is 2.64 bits per heavy atom. The van der Waals surface area contributed by atoms with Crippen LogP contribution >= 0.6 is 0 Å².